The zero-order valence-electron chi connectivity index (χ0n) is 9.02. The van der Waals surface area contributed by atoms with Gasteiger partial charge in [-0.1, -0.05) is 18.2 Å². The Labute approximate surface area is 91.4 Å². The van der Waals surface area contributed by atoms with Crippen molar-refractivity contribution in [2.45, 2.75) is 12.3 Å². The van der Waals surface area contributed by atoms with Crippen LogP contribution in [0.5, 0.6) is 0 Å². The normalized spacial score (nSPS) is 21.7. The smallest absolute Gasteiger partial charge is 0.0316 e. The Morgan fingerprint density at radius 3 is 3.13 bits per heavy atom. The van der Waals surface area contributed by atoms with Crippen LogP contribution >= 0.6 is 0 Å². The fourth-order valence-corrected chi connectivity index (χ4v) is 2.27. The van der Waals surface area contributed by atoms with Gasteiger partial charge in [0.25, 0.3) is 0 Å². The summed E-state index contributed by atoms with van der Waals surface area (Å²) in [6.45, 7) is 7.08. The minimum absolute atomic E-state index is 0.647. The van der Waals surface area contributed by atoms with E-state index in [1.807, 2.05) is 18.2 Å². The zero-order chi connectivity index (χ0) is 10.7. The second-order valence-electron chi connectivity index (χ2n) is 4.20. The van der Waals surface area contributed by atoms with Gasteiger partial charge in [-0.05, 0) is 36.6 Å². The van der Waals surface area contributed by atoms with E-state index >= 15 is 0 Å². The largest absolute Gasteiger partial charge is 0.399 e. The molecule has 0 aromatic heterocycles. The van der Waals surface area contributed by atoms with Crippen molar-refractivity contribution in [2.24, 2.45) is 0 Å². The van der Waals surface area contributed by atoms with Gasteiger partial charge in [-0.2, -0.15) is 0 Å². The summed E-state index contributed by atoms with van der Waals surface area (Å²) in [5.41, 5.74) is 8.04. The molecule has 1 unspecified atom stereocenters. The number of nitrogens with two attached hydrogens (primary N) is 1. The molecule has 1 fully saturated rings. The minimum atomic E-state index is 0.647. The lowest BCUT2D eigenvalue weighted by Gasteiger charge is -2.13. The number of likely N-dealkylation sites (tertiary alicyclic amines) is 1. The molecule has 0 radical (unpaired) electrons. The van der Waals surface area contributed by atoms with Crippen LogP contribution in [0.2, 0.25) is 0 Å². The molecule has 0 amide bonds. The fourth-order valence-electron chi connectivity index (χ4n) is 2.27. The second kappa shape index (κ2) is 4.49. The third-order valence-electron chi connectivity index (χ3n) is 3.04. The molecule has 0 saturated carbocycles. The number of hydrogen-bond acceptors (Lipinski definition) is 2. The highest BCUT2D eigenvalue weighted by Gasteiger charge is 2.22. The molecular weight excluding hydrogens is 184 g/mol. The average Bonchev–Trinajstić information content (AvgIpc) is 2.67. The van der Waals surface area contributed by atoms with Crippen LogP contribution < -0.4 is 5.73 Å². The van der Waals surface area contributed by atoms with E-state index in [-0.39, 0.29) is 0 Å². The molecule has 1 heterocycles. The Kier molecular flexibility index (Phi) is 3.07. The van der Waals surface area contributed by atoms with Crippen LogP contribution in [0.25, 0.3) is 0 Å². The molecule has 2 rings (SSSR count). The Morgan fingerprint density at radius 2 is 2.40 bits per heavy atom. The molecule has 1 aromatic carbocycles. The van der Waals surface area contributed by atoms with E-state index in [4.69, 9.17) is 5.73 Å². The summed E-state index contributed by atoms with van der Waals surface area (Å²) in [5, 5.41) is 0. The number of nitrogens with zero attached hydrogens (tertiary/aromatic N) is 1. The monoisotopic (exact) mass is 202 g/mol. The molecule has 80 valence electrons. The van der Waals surface area contributed by atoms with Crippen LogP contribution in [0.1, 0.15) is 17.9 Å². The lowest BCUT2D eigenvalue weighted by atomic mass is 9.98. The molecule has 1 aliphatic heterocycles. The molecule has 15 heavy (non-hydrogen) atoms. The summed E-state index contributed by atoms with van der Waals surface area (Å²) in [7, 11) is 0. The molecule has 2 nitrogen and oxygen atoms in total. The first kappa shape index (κ1) is 10.2. The summed E-state index contributed by atoms with van der Waals surface area (Å²) < 4.78 is 0. The molecule has 1 saturated heterocycles. The zero-order valence-corrected chi connectivity index (χ0v) is 9.02. The number of nitrogen functional groups attached to an aromatic ring is 1. The Morgan fingerprint density at radius 1 is 1.53 bits per heavy atom. The Balaban J connectivity index is 2.04. The van der Waals surface area contributed by atoms with E-state index in [0.717, 1.165) is 18.8 Å². The van der Waals surface area contributed by atoms with Crippen molar-refractivity contribution in [1.29, 1.82) is 0 Å². The molecule has 2 N–H and O–H groups in total. The Bertz CT molecular complexity index is 346. The maximum atomic E-state index is 5.79. The summed E-state index contributed by atoms with van der Waals surface area (Å²) in [5.74, 6) is 0.647. The lowest BCUT2D eigenvalue weighted by molar-refractivity contribution is 0.372. The number of anilines is 1. The van der Waals surface area contributed by atoms with E-state index in [0.29, 0.717) is 5.92 Å². The van der Waals surface area contributed by atoms with Gasteiger partial charge in [-0.25, -0.2) is 0 Å². The molecular formula is C13H18N2. The van der Waals surface area contributed by atoms with Crippen molar-refractivity contribution in [3.8, 4) is 0 Å². The summed E-state index contributed by atoms with van der Waals surface area (Å²) in [6.07, 6.45) is 3.21. The summed E-state index contributed by atoms with van der Waals surface area (Å²) >= 11 is 0. The van der Waals surface area contributed by atoms with Gasteiger partial charge in [0.1, 0.15) is 0 Å². The second-order valence-corrected chi connectivity index (χ2v) is 4.20. The first-order valence-corrected chi connectivity index (χ1v) is 5.48. The predicted molar refractivity (Wildman–Crippen MR) is 64.8 cm³/mol. The lowest BCUT2D eigenvalue weighted by Crippen LogP contribution is -2.19. The number of hydrogen-bond donors (Lipinski definition) is 1. The first-order chi connectivity index (χ1) is 7.29. The molecule has 0 spiro atoms. The highest BCUT2D eigenvalue weighted by atomic mass is 15.1. The number of rotatable bonds is 3. The molecule has 0 bridgehead atoms. The van der Waals surface area contributed by atoms with Crippen LogP contribution in [0.4, 0.5) is 5.69 Å². The van der Waals surface area contributed by atoms with E-state index in [9.17, 15) is 0 Å². The first-order valence-electron chi connectivity index (χ1n) is 5.48. The van der Waals surface area contributed by atoms with Crippen LogP contribution in [-0.4, -0.2) is 24.5 Å². The van der Waals surface area contributed by atoms with Gasteiger partial charge in [-0.15, -0.1) is 6.58 Å². The van der Waals surface area contributed by atoms with E-state index in [1.165, 1.54) is 18.5 Å². The molecule has 1 aromatic rings. The van der Waals surface area contributed by atoms with Crippen LogP contribution in [0, 0.1) is 0 Å². The van der Waals surface area contributed by atoms with Gasteiger partial charge >= 0.3 is 0 Å². The molecule has 0 aliphatic carbocycles. The Hall–Kier alpha value is -1.28. The molecule has 1 aliphatic rings. The van der Waals surface area contributed by atoms with Crippen molar-refractivity contribution in [2.75, 3.05) is 25.4 Å². The topological polar surface area (TPSA) is 29.3 Å². The van der Waals surface area contributed by atoms with Crippen molar-refractivity contribution < 1.29 is 0 Å². The molecule has 2 heteroatoms. The maximum absolute atomic E-state index is 5.79. The minimum Gasteiger partial charge on any atom is -0.399 e. The van der Waals surface area contributed by atoms with Crippen LogP contribution in [-0.2, 0) is 0 Å². The number of benzene rings is 1. The third kappa shape index (κ3) is 2.39. The van der Waals surface area contributed by atoms with Crippen LogP contribution in [0.15, 0.2) is 36.9 Å². The van der Waals surface area contributed by atoms with Gasteiger partial charge in [0.2, 0.25) is 0 Å². The van der Waals surface area contributed by atoms with Gasteiger partial charge in [0.15, 0.2) is 0 Å². The average molecular weight is 202 g/mol. The van der Waals surface area contributed by atoms with E-state index in [1.54, 1.807) is 0 Å². The summed E-state index contributed by atoms with van der Waals surface area (Å²) in [4.78, 5) is 2.43. The highest BCUT2D eigenvalue weighted by molar-refractivity contribution is 5.42. The fraction of sp³-hybridized carbons (Fsp3) is 0.385. The van der Waals surface area contributed by atoms with E-state index in [2.05, 4.69) is 23.6 Å². The van der Waals surface area contributed by atoms with Gasteiger partial charge in [-0.3, -0.25) is 4.90 Å². The standard InChI is InChI=1S/C13H18N2/c1-2-7-15-8-6-12(10-15)11-4-3-5-13(14)9-11/h2-5,9,12H,1,6-8,10,14H2. The predicted octanol–water partition coefficient (Wildman–Crippen LogP) is 2.24. The van der Waals surface area contributed by atoms with Crippen molar-refractivity contribution >= 4 is 5.69 Å². The quantitative estimate of drug-likeness (QED) is 0.601. The third-order valence-corrected chi connectivity index (χ3v) is 3.04. The SMILES string of the molecule is C=CCN1CCC(c2cccc(N)c2)C1. The van der Waals surface area contributed by atoms with Crippen LogP contribution in [0.3, 0.4) is 0 Å². The van der Waals surface area contributed by atoms with Gasteiger partial charge < -0.3 is 5.73 Å². The molecule has 1 atom stereocenters. The summed E-state index contributed by atoms with van der Waals surface area (Å²) in [6, 6.07) is 8.27. The van der Waals surface area contributed by atoms with Crippen molar-refractivity contribution in [3.05, 3.63) is 42.5 Å². The van der Waals surface area contributed by atoms with Crippen molar-refractivity contribution in [1.82, 2.24) is 4.90 Å². The van der Waals surface area contributed by atoms with E-state index < -0.39 is 0 Å². The highest BCUT2D eigenvalue weighted by Crippen LogP contribution is 2.27. The van der Waals surface area contributed by atoms with Gasteiger partial charge in [0.05, 0.1) is 0 Å². The van der Waals surface area contributed by atoms with Gasteiger partial charge in [0, 0.05) is 18.8 Å². The maximum Gasteiger partial charge on any atom is 0.0316 e. The van der Waals surface area contributed by atoms with Crippen molar-refractivity contribution in [3.63, 3.8) is 0 Å².